The fraction of sp³-hybridized carbons (Fsp3) is 0.526. The van der Waals surface area contributed by atoms with Crippen LogP contribution < -0.4 is 0 Å². The van der Waals surface area contributed by atoms with Gasteiger partial charge in [0.1, 0.15) is 11.9 Å². The van der Waals surface area contributed by atoms with Gasteiger partial charge in [-0.1, -0.05) is 31.2 Å². The van der Waals surface area contributed by atoms with Gasteiger partial charge < -0.3 is 9.67 Å². The monoisotopic (exact) mass is 313 g/mol. The predicted octanol–water partition coefficient (Wildman–Crippen LogP) is 2.93. The van der Waals surface area contributed by atoms with Crippen molar-refractivity contribution in [3.05, 3.63) is 53.6 Å². The highest BCUT2D eigenvalue weighted by molar-refractivity contribution is 5.22. The number of aliphatic hydroxyl groups is 1. The second kappa shape index (κ2) is 7.28. The van der Waals surface area contributed by atoms with E-state index in [1.54, 1.807) is 6.20 Å². The van der Waals surface area contributed by atoms with Crippen molar-refractivity contribution in [2.24, 2.45) is 13.0 Å². The van der Waals surface area contributed by atoms with E-state index in [-0.39, 0.29) is 5.92 Å². The summed E-state index contributed by atoms with van der Waals surface area (Å²) in [6.45, 7) is 5.19. The Morgan fingerprint density at radius 3 is 2.65 bits per heavy atom. The molecule has 0 spiro atoms. The van der Waals surface area contributed by atoms with Crippen LogP contribution in [0.2, 0.25) is 0 Å². The molecule has 2 aromatic rings. The predicted molar refractivity (Wildman–Crippen MR) is 92.0 cm³/mol. The Morgan fingerprint density at radius 1 is 1.26 bits per heavy atom. The number of aliphatic hydroxyl groups excluding tert-OH is 1. The molecule has 23 heavy (non-hydrogen) atoms. The third kappa shape index (κ3) is 3.82. The molecule has 1 aromatic carbocycles. The maximum absolute atomic E-state index is 10.7. The van der Waals surface area contributed by atoms with Crippen molar-refractivity contribution in [3.63, 3.8) is 0 Å². The lowest BCUT2D eigenvalue weighted by atomic mass is 9.91. The number of hydrogen-bond acceptors (Lipinski definition) is 3. The molecule has 0 saturated carbocycles. The van der Waals surface area contributed by atoms with Crippen molar-refractivity contribution in [2.45, 2.75) is 38.8 Å². The lowest BCUT2D eigenvalue weighted by Gasteiger charge is -2.35. The summed E-state index contributed by atoms with van der Waals surface area (Å²) in [6, 6.07) is 8.91. The second-order valence-electron chi connectivity index (χ2n) is 6.65. The minimum Gasteiger partial charge on any atom is -0.385 e. The number of benzene rings is 1. The van der Waals surface area contributed by atoms with E-state index in [0.717, 1.165) is 44.7 Å². The highest BCUT2D eigenvalue weighted by atomic mass is 16.3. The van der Waals surface area contributed by atoms with Crippen LogP contribution in [-0.4, -0.2) is 32.6 Å². The zero-order chi connectivity index (χ0) is 16.2. The average Bonchev–Trinajstić information content (AvgIpc) is 3.01. The van der Waals surface area contributed by atoms with E-state index in [1.165, 1.54) is 11.1 Å². The number of nitrogens with zero attached hydrogens (tertiary/aromatic N) is 3. The summed E-state index contributed by atoms with van der Waals surface area (Å²) in [5.41, 5.74) is 2.74. The molecule has 1 aliphatic rings. The summed E-state index contributed by atoms with van der Waals surface area (Å²) in [5.74, 6) is 1.05. The number of rotatable bonds is 5. The van der Waals surface area contributed by atoms with E-state index in [0.29, 0.717) is 0 Å². The van der Waals surface area contributed by atoms with Gasteiger partial charge in [-0.3, -0.25) is 4.90 Å². The van der Waals surface area contributed by atoms with E-state index in [9.17, 15) is 5.11 Å². The number of aryl methyl sites for hydroxylation is 2. The lowest BCUT2D eigenvalue weighted by molar-refractivity contribution is 0.0405. The zero-order valence-electron chi connectivity index (χ0n) is 14.2. The number of hydrogen-bond donors (Lipinski definition) is 1. The van der Waals surface area contributed by atoms with E-state index in [2.05, 4.69) is 41.1 Å². The van der Waals surface area contributed by atoms with Crippen LogP contribution in [0.3, 0.4) is 0 Å². The molecule has 0 bridgehead atoms. The smallest absolute Gasteiger partial charge is 0.137 e. The van der Waals surface area contributed by atoms with E-state index in [1.807, 2.05) is 17.8 Å². The molecule has 0 amide bonds. The fourth-order valence-corrected chi connectivity index (χ4v) is 3.50. The van der Waals surface area contributed by atoms with Crippen LogP contribution in [0, 0.1) is 5.92 Å². The fourth-order valence-electron chi connectivity index (χ4n) is 3.50. The normalized spacial score (nSPS) is 20.6. The van der Waals surface area contributed by atoms with Crippen LogP contribution in [-0.2, 0) is 20.0 Å². The van der Waals surface area contributed by atoms with Crippen molar-refractivity contribution in [1.29, 1.82) is 0 Å². The molecule has 1 fully saturated rings. The number of piperidine rings is 1. The van der Waals surface area contributed by atoms with Crippen molar-refractivity contribution in [3.8, 4) is 0 Å². The summed E-state index contributed by atoms with van der Waals surface area (Å²) >= 11 is 0. The number of likely N-dealkylation sites (tertiary alicyclic amines) is 1. The highest BCUT2D eigenvalue weighted by Crippen LogP contribution is 2.29. The first-order valence-electron chi connectivity index (χ1n) is 8.63. The van der Waals surface area contributed by atoms with Crippen molar-refractivity contribution < 1.29 is 5.11 Å². The Morgan fingerprint density at radius 2 is 2.00 bits per heavy atom. The zero-order valence-corrected chi connectivity index (χ0v) is 14.2. The van der Waals surface area contributed by atoms with Crippen molar-refractivity contribution >= 4 is 0 Å². The van der Waals surface area contributed by atoms with Crippen LogP contribution in [0.1, 0.15) is 42.8 Å². The summed E-state index contributed by atoms with van der Waals surface area (Å²) in [4.78, 5) is 6.77. The van der Waals surface area contributed by atoms with Crippen molar-refractivity contribution in [1.82, 2.24) is 14.5 Å². The van der Waals surface area contributed by atoms with Gasteiger partial charge in [0.25, 0.3) is 0 Å². The molecule has 4 nitrogen and oxygen atoms in total. The van der Waals surface area contributed by atoms with Crippen LogP contribution in [0.4, 0.5) is 0 Å². The Balaban J connectivity index is 1.62. The van der Waals surface area contributed by atoms with Gasteiger partial charge in [-0.25, -0.2) is 4.98 Å². The Hall–Kier alpha value is -1.65. The molecule has 2 heterocycles. The molecule has 1 aliphatic heterocycles. The Kier molecular flexibility index (Phi) is 5.13. The third-order valence-electron chi connectivity index (χ3n) is 4.95. The number of aromatic nitrogens is 2. The first kappa shape index (κ1) is 16.2. The lowest BCUT2D eigenvalue weighted by Crippen LogP contribution is -2.37. The van der Waals surface area contributed by atoms with E-state index in [4.69, 9.17) is 0 Å². The number of imidazole rings is 1. The molecule has 4 heteroatoms. The second-order valence-corrected chi connectivity index (χ2v) is 6.65. The van der Waals surface area contributed by atoms with Gasteiger partial charge in [-0.15, -0.1) is 0 Å². The van der Waals surface area contributed by atoms with Gasteiger partial charge in [-0.05, 0) is 36.9 Å². The molecule has 1 aromatic heterocycles. The minimum atomic E-state index is -0.472. The molecule has 2 atom stereocenters. The molecule has 0 radical (unpaired) electrons. The van der Waals surface area contributed by atoms with Gasteiger partial charge in [0.2, 0.25) is 0 Å². The molecule has 0 aliphatic carbocycles. The average molecular weight is 313 g/mol. The highest BCUT2D eigenvalue weighted by Gasteiger charge is 2.29. The van der Waals surface area contributed by atoms with Gasteiger partial charge in [0.05, 0.1) is 0 Å². The third-order valence-corrected chi connectivity index (χ3v) is 4.95. The Bertz CT molecular complexity index is 620. The van der Waals surface area contributed by atoms with Gasteiger partial charge in [0, 0.05) is 38.4 Å². The van der Waals surface area contributed by atoms with Crippen molar-refractivity contribution in [2.75, 3.05) is 13.1 Å². The van der Waals surface area contributed by atoms with Crippen LogP contribution in [0.15, 0.2) is 36.7 Å². The topological polar surface area (TPSA) is 41.3 Å². The Labute approximate surface area is 138 Å². The summed E-state index contributed by atoms with van der Waals surface area (Å²) in [5, 5.41) is 10.7. The maximum atomic E-state index is 10.7. The van der Waals surface area contributed by atoms with Crippen LogP contribution in [0.25, 0.3) is 0 Å². The van der Waals surface area contributed by atoms with Gasteiger partial charge >= 0.3 is 0 Å². The first-order valence-corrected chi connectivity index (χ1v) is 8.63. The molecule has 3 rings (SSSR count). The largest absolute Gasteiger partial charge is 0.385 e. The summed E-state index contributed by atoms with van der Waals surface area (Å²) in [7, 11) is 1.95. The van der Waals surface area contributed by atoms with Gasteiger partial charge in [0.15, 0.2) is 0 Å². The standard InChI is InChI=1S/C19H27N3O/c1-3-15-6-8-16(9-7-15)13-22-11-4-5-17(14-22)18(23)19-20-10-12-21(19)2/h6-10,12,17-18,23H,3-5,11,13-14H2,1-2H3. The van der Waals surface area contributed by atoms with Crippen LogP contribution >= 0.6 is 0 Å². The SMILES string of the molecule is CCc1ccc(CN2CCCC(C(O)c3nccn3C)C2)cc1. The van der Waals surface area contributed by atoms with Crippen LogP contribution in [0.5, 0.6) is 0 Å². The molecule has 124 valence electrons. The molecule has 1 saturated heterocycles. The molecule has 1 N–H and O–H groups in total. The maximum Gasteiger partial charge on any atom is 0.137 e. The first-order chi connectivity index (χ1) is 11.2. The molecular formula is C19H27N3O. The molecule has 2 unspecified atom stereocenters. The van der Waals surface area contributed by atoms with E-state index < -0.39 is 6.10 Å². The van der Waals surface area contributed by atoms with E-state index >= 15 is 0 Å². The van der Waals surface area contributed by atoms with Gasteiger partial charge in [-0.2, -0.15) is 0 Å². The summed E-state index contributed by atoms with van der Waals surface area (Å²) in [6.07, 6.45) is 6.48. The molecular weight excluding hydrogens is 286 g/mol. The quantitative estimate of drug-likeness (QED) is 0.923. The summed E-state index contributed by atoms with van der Waals surface area (Å²) < 4.78 is 1.92. The minimum absolute atomic E-state index is 0.264.